The Kier molecular flexibility index (Phi) is 6.42. The molecule has 144 valence electrons. The van der Waals surface area contributed by atoms with Gasteiger partial charge in [-0.3, -0.25) is 4.79 Å². The third kappa shape index (κ3) is 5.05. The van der Waals surface area contributed by atoms with E-state index in [1.165, 1.54) is 15.9 Å². The number of quaternary nitrogens is 2. The molecule has 0 bridgehead atoms. The van der Waals surface area contributed by atoms with Gasteiger partial charge in [0, 0.05) is 17.3 Å². The topological polar surface area (TPSA) is 47.2 Å². The number of piperazine rings is 1. The van der Waals surface area contributed by atoms with Gasteiger partial charge in [-0.05, 0) is 25.1 Å². The van der Waals surface area contributed by atoms with Crippen molar-refractivity contribution in [2.75, 3.05) is 38.6 Å². The first kappa shape index (κ1) is 19.3. The van der Waals surface area contributed by atoms with Gasteiger partial charge in [0.15, 0.2) is 6.04 Å². The molecule has 3 N–H and O–H groups in total. The molecule has 0 saturated carbocycles. The van der Waals surface area contributed by atoms with Crippen LogP contribution in [0.3, 0.4) is 0 Å². The van der Waals surface area contributed by atoms with Crippen LogP contribution in [0.15, 0.2) is 48.5 Å². The molecule has 27 heavy (non-hydrogen) atoms. The van der Waals surface area contributed by atoms with Crippen LogP contribution < -0.4 is 19.9 Å². The van der Waals surface area contributed by atoms with Crippen molar-refractivity contribution < 1.29 is 23.7 Å². The van der Waals surface area contributed by atoms with E-state index in [1.54, 1.807) is 13.2 Å². The second kappa shape index (κ2) is 8.97. The summed E-state index contributed by atoms with van der Waals surface area (Å²) >= 11 is 0. The van der Waals surface area contributed by atoms with E-state index in [-0.39, 0.29) is 17.8 Å². The molecular weight excluding hydrogens is 345 g/mol. The zero-order chi connectivity index (χ0) is 19.2. The lowest BCUT2D eigenvalue weighted by molar-refractivity contribution is -1.02. The molecular formula is C21H28FN3O2+2. The van der Waals surface area contributed by atoms with E-state index in [4.69, 9.17) is 4.74 Å². The minimum Gasteiger partial charge on any atom is -0.497 e. The van der Waals surface area contributed by atoms with Crippen molar-refractivity contribution in [3.63, 3.8) is 0 Å². The second-order valence-electron chi connectivity index (χ2n) is 7.12. The van der Waals surface area contributed by atoms with Crippen LogP contribution in [0.5, 0.6) is 5.75 Å². The molecule has 1 aliphatic rings. The predicted molar refractivity (Wildman–Crippen MR) is 103 cm³/mol. The van der Waals surface area contributed by atoms with Gasteiger partial charge in [-0.15, -0.1) is 0 Å². The Morgan fingerprint density at radius 2 is 1.89 bits per heavy atom. The number of halogens is 1. The zero-order valence-electron chi connectivity index (χ0n) is 15.9. The van der Waals surface area contributed by atoms with E-state index in [9.17, 15) is 9.18 Å². The Hall–Kier alpha value is -2.44. The molecule has 1 saturated heterocycles. The second-order valence-corrected chi connectivity index (χ2v) is 7.12. The SMILES string of the molecule is COc1cccc(NC(=O)[C@H](C)[NH+]2CC[NH+](Cc3ccccc3F)CC2)c1. The third-order valence-corrected chi connectivity index (χ3v) is 5.34. The lowest BCUT2D eigenvalue weighted by atomic mass is 10.1. The molecule has 0 aromatic heterocycles. The number of amides is 1. The number of benzene rings is 2. The molecule has 5 nitrogen and oxygen atoms in total. The van der Waals surface area contributed by atoms with Crippen LogP contribution in [0.4, 0.5) is 10.1 Å². The lowest BCUT2D eigenvalue weighted by Gasteiger charge is -2.32. The number of hydrogen-bond acceptors (Lipinski definition) is 2. The Morgan fingerprint density at radius 3 is 2.59 bits per heavy atom. The molecule has 1 fully saturated rings. The van der Waals surface area contributed by atoms with Gasteiger partial charge in [-0.1, -0.05) is 24.3 Å². The van der Waals surface area contributed by atoms with Crippen LogP contribution in [-0.2, 0) is 11.3 Å². The Labute approximate surface area is 159 Å². The predicted octanol–water partition coefficient (Wildman–Crippen LogP) is 0.145. The van der Waals surface area contributed by atoms with Crippen LogP contribution >= 0.6 is 0 Å². The Bertz CT molecular complexity index is 776. The number of rotatable bonds is 6. The van der Waals surface area contributed by atoms with Crippen LogP contribution in [0.2, 0.25) is 0 Å². The Balaban J connectivity index is 1.51. The van der Waals surface area contributed by atoms with E-state index < -0.39 is 0 Å². The molecule has 1 aliphatic heterocycles. The van der Waals surface area contributed by atoms with Gasteiger partial charge >= 0.3 is 0 Å². The molecule has 0 unspecified atom stereocenters. The van der Waals surface area contributed by atoms with Gasteiger partial charge in [0.25, 0.3) is 5.91 Å². The van der Waals surface area contributed by atoms with E-state index in [2.05, 4.69) is 5.32 Å². The van der Waals surface area contributed by atoms with E-state index >= 15 is 0 Å². The number of methoxy groups -OCH3 is 1. The summed E-state index contributed by atoms with van der Waals surface area (Å²) < 4.78 is 19.0. The minimum atomic E-state index is -0.134. The van der Waals surface area contributed by atoms with Crippen molar-refractivity contribution in [1.29, 1.82) is 0 Å². The summed E-state index contributed by atoms with van der Waals surface area (Å²) in [6.45, 7) is 6.32. The first-order valence-corrected chi connectivity index (χ1v) is 9.43. The summed E-state index contributed by atoms with van der Waals surface area (Å²) in [4.78, 5) is 15.2. The molecule has 1 heterocycles. The highest BCUT2D eigenvalue weighted by atomic mass is 19.1. The van der Waals surface area contributed by atoms with Gasteiger partial charge in [0.2, 0.25) is 0 Å². The highest BCUT2D eigenvalue weighted by Gasteiger charge is 2.31. The van der Waals surface area contributed by atoms with Crippen molar-refractivity contribution in [2.24, 2.45) is 0 Å². The van der Waals surface area contributed by atoms with Gasteiger partial charge < -0.3 is 19.9 Å². The quantitative estimate of drug-likeness (QED) is 0.675. The average Bonchev–Trinajstić information content (AvgIpc) is 2.70. The van der Waals surface area contributed by atoms with Crippen LogP contribution in [0.1, 0.15) is 12.5 Å². The average molecular weight is 373 g/mol. The molecule has 3 rings (SSSR count). The van der Waals surface area contributed by atoms with Crippen molar-refractivity contribution in [1.82, 2.24) is 0 Å². The molecule has 0 aliphatic carbocycles. The number of carbonyl (C=O) groups is 1. The maximum Gasteiger partial charge on any atom is 0.282 e. The fraction of sp³-hybridized carbons (Fsp3) is 0.381. The summed E-state index contributed by atoms with van der Waals surface area (Å²) in [5, 5.41) is 2.98. The zero-order valence-corrected chi connectivity index (χ0v) is 15.9. The summed E-state index contributed by atoms with van der Waals surface area (Å²) in [7, 11) is 1.61. The van der Waals surface area contributed by atoms with E-state index in [0.29, 0.717) is 6.54 Å². The van der Waals surface area contributed by atoms with Crippen molar-refractivity contribution in [2.45, 2.75) is 19.5 Å². The Morgan fingerprint density at radius 1 is 1.15 bits per heavy atom. The normalized spacial score (nSPS) is 20.7. The fourth-order valence-electron chi connectivity index (χ4n) is 3.58. The van der Waals surface area contributed by atoms with Crippen molar-refractivity contribution in [3.05, 3.63) is 59.9 Å². The lowest BCUT2D eigenvalue weighted by Crippen LogP contribution is -3.29. The van der Waals surface area contributed by atoms with Gasteiger partial charge in [0.05, 0.1) is 7.11 Å². The largest absolute Gasteiger partial charge is 0.497 e. The maximum atomic E-state index is 13.8. The molecule has 1 atom stereocenters. The minimum absolute atomic E-state index is 0.0100. The third-order valence-electron chi connectivity index (χ3n) is 5.34. The molecule has 0 radical (unpaired) electrons. The highest BCUT2D eigenvalue weighted by molar-refractivity contribution is 5.93. The van der Waals surface area contributed by atoms with Crippen LogP contribution in [0.25, 0.3) is 0 Å². The van der Waals surface area contributed by atoms with Gasteiger partial charge in [0.1, 0.15) is 44.3 Å². The highest BCUT2D eigenvalue weighted by Crippen LogP contribution is 2.16. The van der Waals surface area contributed by atoms with Crippen molar-refractivity contribution in [3.8, 4) is 5.75 Å². The number of hydrogen-bond donors (Lipinski definition) is 3. The van der Waals surface area contributed by atoms with Crippen LogP contribution in [-0.4, -0.2) is 45.2 Å². The standard InChI is InChI=1S/C21H26FN3O2/c1-16(21(26)23-18-7-5-8-19(14-18)27-2)25-12-10-24(11-13-25)15-17-6-3-4-9-20(17)22/h3-9,14,16H,10-13,15H2,1-2H3,(H,23,26)/p+2/t16-/m0/s1. The first-order valence-electron chi connectivity index (χ1n) is 9.43. The number of nitrogens with one attached hydrogen (secondary N) is 3. The first-order chi connectivity index (χ1) is 13.1. The van der Waals surface area contributed by atoms with Crippen LogP contribution in [0, 0.1) is 5.82 Å². The van der Waals surface area contributed by atoms with Gasteiger partial charge in [-0.2, -0.15) is 0 Å². The molecule has 2 aromatic rings. The van der Waals surface area contributed by atoms with Crippen molar-refractivity contribution >= 4 is 11.6 Å². The molecule has 2 aromatic carbocycles. The van der Waals surface area contributed by atoms with E-state index in [1.807, 2.05) is 43.3 Å². The smallest absolute Gasteiger partial charge is 0.282 e. The number of anilines is 1. The monoisotopic (exact) mass is 373 g/mol. The maximum absolute atomic E-state index is 13.8. The number of ether oxygens (including phenoxy) is 1. The fourth-order valence-corrected chi connectivity index (χ4v) is 3.58. The molecule has 0 spiro atoms. The van der Waals surface area contributed by atoms with Gasteiger partial charge in [-0.25, -0.2) is 4.39 Å². The molecule has 1 amide bonds. The summed E-state index contributed by atoms with van der Waals surface area (Å²) in [5.41, 5.74) is 1.51. The number of carbonyl (C=O) groups excluding carboxylic acids is 1. The summed E-state index contributed by atoms with van der Waals surface area (Å²) in [5.74, 6) is 0.597. The summed E-state index contributed by atoms with van der Waals surface area (Å²) in [6.07, 6.45) is 0. The summed E-state index contributed by atoms with van der Waals surface area (Å²) in [6, 6.07) is 14.2. The van der Waals surface area contributed by atoms with E-state index in [0.717, 1.165) is 43.2 Å². The molecule has 6 heteroatoms.